The van der Waals surface area contributed by atoms with E-state index in [0.29, 0.717) is 18.7 Å². The fourth-order valence-corrected chi connectivity index (χ4v) is 5.14. The van der Waals surface area contributed by atoms with Gasteiger partial charge < -0.3 is 14.6 Å². The summed E-state index contributed by atoms with van der Waals surface area (Å²) in [5, 5.41) is 0.871. The molecule has 5 rings (SSSR count). The van der Waals surface area contributed by atoms with Gasteiger partial charge in [0, 0.05) is 12.6 Å². The summed E-state index contributed by atoms with van der Waals surface area (Å²) in [5.41, 5.74) is 5.40. The van der Waals surface area contributed by atoms with Crippen LogP contribution in [0.4, 0.5) is 0 Å². The average Bonchev–Trinajstić information content (AvgIpc) is 3.48. The molecule has 1 unspecified atom stereocenters. The first-order valence-corrected chi connectivity index (χ1v) is 11.3. The van der Waals surface area contributed by atoms with Crippen molar-refractivity contribution in [3.63, 3.8) is 0 Å². The van der Waals surface area contributed by atoms with Gasteiger partial charge in [0.2, 0.25) is 0 Å². The maximum absolute atomic E-state index is 13.8. The van der Waals surface area contributed by atoms with Gasteiger partial charge in [0.25, 0.3) is 5.91 Å². The van der Waals surface area contributed by atoms with Crippen LogP contribution >= 0.6 is 11.3 Å². The van der Waals surface area contributed by atoms with Crippen molar-refractivity contribution in [2.45, 2.75) is 26.3 Å². The zero-order valence-corrected chi connectivity index (χ0v) is 19.1. The quantitative estimate of drug-likeness (QED) is 0.425. The number of nitrogens with one attached hydrogen (secondary N) is 1. The summed E-state index contributed by atoms with van der Waals surface area (Å²) in [4.78, 5) is 29.3. The molecule has 0 bridgehead atoms. The van der Waals surface area contributed by atoms with E-state index in [4.69, 9.17) is 9.72 Å². The highest BCUT2D eigenvalue weighted by molar-refractivity contribution is 7.15. The number of ether oxygens (including phenoxy) is 1. The van der Waals surface area contributed by atoms with Crippen LogP contribution in [-0.4, -0.2) is 39.4 Å². The van der Waals surface area contributed by atoms with Gasteiger partial charge in [-0.1, -0.05) is 42.0 Å². The number of rotatable bonds is 4. The molecule has 4 aromatic rings. The van der Waals surface area contributed by atoms with Crippen LogP contribution in [0.25, 0.3) is 21.5 Å². The van der Waals surface area contributed by atoms with Crippen molar-refractivity contribution < 1.29 is 9.53 Å². The number of fused-ring (bicyclic) bond motifs is 1. The molecular formula is C25H24N4O2S. The van der Waals surface area contributed by atoms with Crippen molar-refractivity contribution in [3.8, 4) is 16.2 Å². The monoisotopic (exact) mass is 444 g/mol. The lowest BCUT2D eigenvalue weighted by Crippen LogP contribution is -2.31. The molecule has 1 aliphatic heterocycles. The Morgan fingerprint density at radius 2 is 2.06 bits per heavy atom. The Morgan fingerprint density at radius 1 is 1.22 bits per heavy atom. The normalized spacial score (nSPS) is 16.2. The highest BCUT2D eigenvalue weighted by Gasteiger charge is 2.36. The standard InChI is InChI=1S/C25H24N4O2S/c1-14-6-5-7-17(10-14)23-22(26-16(3)32-23)25(30)29-13-15(2)11-21(29)24-27-19-9-8-18(31-4)12-20(19)28-24/h5-10,12,21H,2,11,13H2,1,3-4H3,(H,27,28). The Hall–Kier alpha value is -3.45. The van der Waals surface area contributed by atoms with Gasteiger partial charge in [0.1, 0.15) is 17.3 Å². The molecule has 32 heavy (non-hydrogen) atoms. The summed E-state index contributed by atoms with van der Waals surface area (Å²) in [6.45, 7) is 8.65. The fraction of sp³-hybridized carbons (Fsp3) is 0.240. The molecule has 2 aromatic heterocycles. The van der Waals surface area contributed by atoms with E-state index in [-0.39, 0.29) is 11.9 Å². The maximum Gasteiger partial charge on any atom is 0.274 e. The van der Waals surface area contributed by atoms with E-state index in [9.17, 15) is 4.79 Å². The molecule has 6 nitrogen and oxygen atoms in total. The number of carbonyl (C=O) groups is 1. The summed E-state index contributed by atoms with van der Waals surface area (Å²) < 4.78 is 5.32. The third-order valence-electron chi connectivity index (χ3n) is 5.75. The van der Waals surface area contributed by atoms with Crippen LogP contribution in [0.1, 0.15) is 39.3 Å². The Morgan fingerprint density at radius 3 is 2.84 bits per heavy atom. The summed E-state index contributed by atoms with van der Waals surface area (Å²) >= 11 is 1.55. The molecule has 162 valence electrons. The first-order chi connectivity index (χ1) is 15.4. The zero-order valence-electron chi connectivity index (χ0n) is 18.3. The van der Waals surface area contributed by atoms with Gasteiger partial charge in [-0.3, -0.25) is 4.79 Å². The lowest BCUT2D eigenvalue weighted by molar-refractivity contribution is 0.0728. The second kappa shape index (κ2) is 7.91. The number of carbonyl (C=O) groups excluding carboxylic acids is 1. The number of nitrogens with zero attached hydrogens (tertiary/aromatic N) is 3. The molecule has 0 radical (unpaired) electrons. The van der Waals surface area contributed by atoms with Gasteiger partial charge in [0.15, 0.2) is 0 Å². The summed E-state index contributed by atoms with van der Waals surface area (Å²) in [5.74, 6) is 1.41. The van der Waals surface area contributed by atoms with Crippen LogP contribution < -0.4 is 4.74 Å². The molecular weight excluding hydrogens is 420 g/mol. The highest BCUT2D eigenvalue weighted by atomic mass is 32.1. The number of H-pyrrole nitrogens is 1. The number of benzene rings is 2. The second-order valence-corrected chi connectivity index (χ2v) is 9.39. The number of thiazole rings is 1. The van der Waals surface area contributed by atoms with Gasteiger partial charge in [-0.25, -0.2) is 9.97 Å². The largest absolute Gasteiger partial charge is 0.497 e. The number of aromatic nitrogens is 3. The number of aromatic amines is 1. The molecule has 1 N–H and O–H groups in total. The van der Waals surface area contributed by atoms with Gasteiger partial charge in [-0.2, -0.15) is 0 Å². The minimum absolute atomic E-state index is 0.0902. The number of hydrogen-bond donors (Lipinski definition) is 1. The van der Waals surface area contributed by atoms with E-state index >= 15 is 0 Å². The summed E-state index contributed by atoms with van der Waals surface area (Å²) in [6.07, 6.45) is 0.672. The first kappa shape index (κ1) is 20.5. The van der Waals surface area contributed by atoms with E-state index in [1.807, 2.05) is 42.2 Å². The predicted molar refractivity (Wildman–Crippen MR) is 127 cm³/mol. The third-order valence-corrected chi connectivity index (χ3v) is 6.77. The number of imidazole rings is 1. The van der Waals surface area contributed by atoms with E-state index < -0.39 is 0 Å². The first-order valence-electron chi connectivity index (χ1n) is 10.5. The molecule has 0 aliphatic carbocycles. The molecule has 1 amide bonds. The Kier molecular flexibility index (Phi) is 5.06. The number of methoxy groups -OCH3 is 1. The van der Waals surface area contributed by atoms with Crippen LogP contribution in [0.3, 0.4) is 0 Å². The maximum atomic E-state index is 13.8. The number of amides is 1. The molecule has 1 fully saturated rings. The van der Waals surface area contributed by atoms with E-state index in [1.165, 1.54) is 0 Å². The summed E-state index contributed by atoms with van der Waals surface area (Å²) in [6, 6.07) is 13.7. The minimum Gasteiger partial charge on any atom is -0.497 e. The lowest BCUT2D eigenvalue weighted by Gasteiger charge is -2.22. The molecule has 1 atom stereocenters. The topological polar surface area (TPSA) is 71.1 Å². The Labute approximate surface area is 190 Å². The van der Waals surface area contributed by atoms with Crippen molar-refractivity contribution >= 4 is 28.3 Å². The van der Waals surface area contributed by atoms with Gasteiger partial charge in [-0.05, 0) is 38.0 Å². The van der Waals surface area contributed by atoms with Crippen molar-refractivity contribution in [1.29, 1.82) is 0 Å². The second-order valence-electron chi connectivity index (χ2n) is 8.19. The lowest BCUT2D eigenvalue weighted by atomic mass is 10.1. The van der Waals surface area contributed by atoms with Crippen LogP contribution in [0.15, 0.2) is 54.6 Å². The molecule has 1 saturated heterocycles. The summed E-state index contributed by atoms with van der Waals surface area (Å²) in [7, 11) is 1.64. The number of hydrogen-bond acceptors (Lipinski definition) is 5. The Bertz CT molecular complexity index is 1350. The van der Waals surface area contributed by atoms with Crippen LogP contribution in [0, 0.1) is 13.8 Å². The van der Waals surface area contributed by atoms with Gasteiger partial charge >= 0.3 is 0 Å². The molecule has 0 spiro atoms. The van der Waals surface area contributed by atoms with Crippen molar-refractivity contribution in [3.05, 3.63) is 76.7 Å². The van der Waals surface area contributed by atoms with Crippen LogP contribution in [0.2, 0.25) is 0 Å². The number of aryl methyl sites for hydroxylation is 2. The molecule has 0 saturated carbocycles. The van der Waals surface area contributed by atoms with Crippen LogP contribution in [-0.2, 0) is 0 Å². The van der Waals surface area contributed by atoms with Crippen LogP contribution in [0.5, 0.6) is 5.75 Å². The number of likely N-dealkylation sites (tertiary alicyclic amines) is 1. The zero-order chi connectivity index (χ0) is 22.4. The Balaban J connectivity index is 1.53. The third kappa shape index (κ3) is 3.58. The average molecular weight is 445 g/mol. The molecule has 7 heteroatoms. The van der Waals surface area contributed by atoms with Crippen molar-refractivity contribution in [1.82, 2.24) is 19.9 Å². The smallest absolute Gasteiger partial charge is 0.274 e. The minimum atomic E-state index is -0.208. The highest BCUT2D eigenvalue weighted by Crippen LogP contribution is 2.38. The fourth-order valence-electron chi connectivity index (χ4n) is 4.24. The van der Waals surface area contributed by atoms with E-state index in [1.54, 1.807) is 18.4 Å². The van der Waals surface area contributed by atoms with Gasteiger partial charge in [-0.15, -0.1) is 11.3 Å². The van der Waals surface area contributed by atoms with Crippen molar-refractivity contribution in [2.75, 3.05) is 13.7 Å². The van der Waals surface area contributed by atoms with Gasteiger partial charge in [0.05, 0.1) is 34.1 Å². The molecule has 3 heterocycles. The molecule has 2 aromatic carbocycles. The molecule has 1 aliphatic rings. The van der Waals surface area contributed by atoms with E-state index in [2.05, 4.69) is 35.6 Å². The predicted octanol–water partition coefficient (Wildman–Crippen LogP) is 5.46. The SMILES string of the molecule is C=C1CC(c2nc3cc(OC)ccc3[nH]2)N(C(=O)c2nc(C)sc2-c2cccc(C)c2)C1. The van der Waals surface area contributed by atoms with Crippen molar-refractivity contribution in [2.24, 2.45) is 0 Å². The van der Waals surface area contributed by atoms with E-state index in [0.717, 1.165) is 49.2 Å².